The molecule has 4 nitrogen and oxygen atoms in total. The molecular formula is C11H21N3OS. The molecule has 92 valence electrons. The lowest BCUT2D eigenvalue weighted by Crippen LogP contribution is -2.58. The van der Waals surface area contributed by atoms with Gasteiger partial charge in [0.05, 0.1) is 11.0 Å². The smallest absolute Gasteiger partial charge is 0.237 e. The number of carbonyl (C=O) groups excluding carboxylic acids is 1. The van der Waals surface area contributed by atoms with E-state index < -0.39 is 0 Å². The lowest BCUT2D eigenvalue weighted by molar-refractivity contribution is -0.130. The minimum atomic E-state index is -0.0203. The van der Waals surface area contributed by atoms with Gasteiger partial charge in [0.2, 0.25) is 5.91 Å². The van der Waals surface area contributed by atoms with Crippen molar-refractivity contribution in [2.24, 2.45) is 5.73 Å². The van der Waals surface area contributed by atoms with Crippen LogP contribution in [-0.4, -0.2) is 41.0 Å². The van der Waals surface area contributed by atoms with E-state index in [0.717, 1.165) is 25.9 Å². The molecule has 3 N–H and O–H groups in total. The van der Waals surface area contributed by atoms with Crippen LogP contribution >= 0.6 is 12.2 Å². The van der Waals surface area contributed by atoms with Crippen LogP contribution < -0.4 is 11.1 Å². The summed E-state index contributed by atoms with van der Waals surface area (Å²) in [7, 11) is 0. The molecule has 16 heavy (non-hydrogen) atoms. The van der Waals surface area contributed by atoms with Crippen LogP contribution in [0.15, 0.2) is 0 Å². The number of amides is 1. The fourth-order valence-electron chi connectivity index (χ4n) is 2.32. The van der Waals surface area contributed by atoms with Crippen molar-refractivity contribution in [2.45, 2.75) is 45.2 Å². The fraction of sp³-hybridized carbons (Fsp3) is 0.818. The Morgan fingerprint density at radius 3 is 2.88 bits per heavy atom. The number of nitrogens with two attached hydrogens (primary N) is 1. The highest BCUT2D eigenvalue weighted by atomic mass is 32.1. The summed E-state index contributed by atoms with van der Waals surface area (Å²) in [6, 6.07) is 0.279. The second kappa shape index (κ2) is 6.15. The van der Waals surface area contributed by atoms with Crippen LogP contribution in [-0.2, 0) is 4.79 Å². The molecular weight excluding hydrogens is 222 g/mol. The summed E-state index contributed by atoms with van der Waals surface area (Å²) in [5.41, 5.74) is 5.60. The highest BCUT2D eigenvalue weighted by Crippen LogP contribution is 2.17. The van der Waals surface area contributed by atoms with E-state index in [1.54, 1.807) is 0 Å². The highest BCUT2D eigenvalue weighted by molar-refractivity contribution is 7.80. The third kappa shape index (κ3) is 3.15. The third-order valence-electron chi connectivity index (χ3n) is 3.14. The maximum atomic E-state index is 11.7. The first-order valence-electron chi connectivity index (χ1n) is 5.91. The molecule has 2 atom stereocenters. The van der Waals surface area contributed by atoms with Crippen LogP contribution in [0.25, 0.3) is 0 Å². The second-order valence-corrected chi connectivity index (χ2v) is 4.71. The number of thiocarbonyl (C=S) groups is 1. The highest BCUT2D eigenvalue weighted by Gasteiger charge is 2.32. The summed E-state index contributed by atoms with van der Waals surface area (Å²) >= 11 is 4.96. The van der Waals surface area contributed by atoms with Crippen LogP contribution in [0.5, 0.6) is 0 Å². The molecule has 1 amide bonds. The lowest BCUT2D eigenvalue weighted by atomic mass is 10.0. The summed E-state index contributed by atoms with van der Waals surface area (Å²) in [5.74, 6) is 0.134. The van der Waals surface area contributed by atoms with E-state index in [0.29, 0.717) is 17.5 Å². The number of nitrogens with one attached hydrogen (secondary N) is 1. The van der Waals surface area contributed by atoms with Crippen molar-refractivity contribution in [3.63, 3.8) is 0 Å². The van der Waals surface area contributed by atoms with Crippen LogP contribution in [0.2, 0.25) is 0 Å². The van der Waals surface area contributed by atoms with Gasteiger partial charge in [0.1, 0.15) is 0 Å². The van der Waals surface area contributed by atoms with Crippen LogP contribution in [0.1, 0.15) is 33.1 Å². The molecule has 0 spiro atoms. The van der Waals surface area contributed by atoms with Crippen molar-refractivity contribution in [1.29, 1.82) is 0 Å². The lowest BCUT2D eigenvalue weighted by Gasteiger charge is -2.39. The van der Waals surface area contributed by atoms with Gasteiger partial charge < -0.3 is 11.1 Å². The van der Waals surface area contributed by atoms with Gasteiger partial charge in [-0.1, -0.05) is 26.1 Å². The van der Waals surface area contributed by atoms with Crippen LogP contribution in [0.4, 0.5) is 0 Å². The van der Waals surface area contributed by atoms with Gasteiger partial charge in [0.15, 0.2) is 0 Å². The van der Waals surface area contributed by atoms with Gasteiger partial charge in [-0.15, -0.1) is 0 Å². The van der Waals surface area contributed by atoms with Crippen molar-refractivity contribution >= 4 is 23.1 Å². The molecule has 0 aromatic heterocycles. The SMILES string of the molecule is CCC(CC(N)=S)N1CCNC(=O)C1CC. The molecule has 1 saturated heterocycles. The van der Waals surface area contributed by atoms with Crippen molar-refractivity contribution in [3.8, 4) is 0 Å². The van der Waals surface area contributed by atoms with Gasteiger partial charge in [-0.25, -0.2) is 0 Å². The topological polar surface area (TPSA) is 58.4 Å². The largest absolute Gasteiger partial charge is 0.393 e. The van der Waals surface area contributed by atoms with E-state index >= 15 is 0 Å². The Balaban J connectivity index is 2.72. The van der Waals surface area contributed by atoms with Crippen molar-refractivity contribution in [2.75, 3.05) is 13.1 Å². The monoisotopic (exact) mass is 243 g/mol. The van der Waals surface area contributed by atoms with E-state index in [1.807, 2.05) is 6.92 Å². The Hall–Kier alpha value is -0.680. The molecule has 1 fully saturated rings. The molecule has 0 radical (unpaired) electrons. The Kier molecular flexibility index (Phi) is 5.15. The molecule has 5 heteroatoms. The number of rotatable bonds is 5. The van der Waals surface area contributed by atoms with E-state index in [-0.39, 0.29) is 11.9 Å². The third-order valence-corrected chi connectivity index (χ3v) is 3.30. The van der Waals surface area contributed by atoms with Crippen molar-refractivity contribution in [3.05, 3.63) is 0 Å². The second-order valence-electron chi connectivity index (χ2n) is 4.19. The summed E-state index contributed by atoms with van der Waals surface area (Å²) < 4.78 is 0. The number of hydrogen-bond acceptors (Lipinski definition) is 3. The zero-order chi connectivity index (χ0) is 12.1. The number of piperazine rings is 1. The average molecular weight is 243 g/mol. The van der Waals surface area contributed by atoms with Gasteiger partial charge in [0, 0.05) is 25.6 Å². The van der Waals surface area contributed by atoms with Gasteiger partial charge in [-0.2, -0.15) is 0 Å². The Morgan fingerprint density at radius 1 is 1.69 bits per heavy atom. The normalized spacial score (nSPS) is 23.9. The predicted molar refractivity (Wildman–Crippen MR) is 69.3 cm³/mol. The quantitative estimate of drug-likeness (QED) is 0.696. The zero-order valence-electron chi connectivity index (χ0n) is 10.0. The maximum absolute atomic E-state index is 11.7. The molecule has 0 saturated carbocycles. The van der Waals surface area contributed by atoms with Gasteiger partial charge >= 0.3 is 0 Å². The maximum Gasteiger partial charge on any atom is 0.237 e. The molecule has 2 unspecified atom stereocenters. The van der Waals surface area contributed by atoms with E-state index in [9.17, 15) is 4.79 Å². The van der Waals surface area contributed by atoms with E-state index in [2.05, 4.69) is 17.1 Å². The number of hydrogen-bond donors (Lipinski definition) is 2. The Labute approximate surface area is 103 Å². The Bertz CT molecular complexity index is 270. The van der Waals surface area contributed by atoms with Crippen molar-refractivity contribution < 1.29 is 4.79 Å². The van der Waals surface area contributed by atoms with Gasteiger partial charge in [-0.05, 0) is 12.8 Å². The van der Waals surface area contributed by atoms with Gasteiger partial charge in [-0.3, -0.25) is 9.69 Å². The molecule has 1 aliphatic heterocycles. The number of carbonyl (C=O) groups is 1. The molecule has 0 aromatic carbocycles. The first kappa shape index (κ1) is 13.4. The molecule has 0 aliphatic carbocycles. The first-order chi connectivity index (χ1) is 7.60. The van der Waals surface area contributed by atoms with E-state index in [4.69, 9.17) is 18.0 Å². The first-order valence-corrected chi connectivity index (χ1v) is 6.32. The molecule has 0 aromatic rings. The Morgan fingerprint density at radius 2 is 2.38 bits per heavy atom. The molecule has 1 aliphatic rings. The number of nitrogens with zero attached hydrogens (tertiary/aromatic N) is 1. The minimum absolute atomic E-state index is 0.0203. The van der Waals surface area contributed by atoms with Crippen LogP contribution in [0, 0.1) is 0 Å². The molecule has 0 bridgehead atoms. The van der Waals surface area contributed by atoms with Crippen molar-refractivity contribution in [1.82, 2.24) is 10.2 Å². The standard InChI is InChI=1S/C11H21N3OS/c1-3-8(7-10(12)16)14-6-5-13-11(15)9(14)4-2/h8-9H,3-7H2,1-2H3,(H2,12,16)(H,13,15). The van der Waals surface area contributed by atoms with Gasteiger partial charge in [0.25, 0.3) is 0 Å². The average Bonchev–Trinajstić information content (AvgIpc) is 2.25. The minimum Gasteiger partial charge on any atom is -0.393 e. The summed E-state index contributed by atoms with van der Waals surface area (Å²) in [5, 5.41) is 2.90. The predicted octanol–water partition coefficient (Wildman–Crippen LogP) is 0.652. The van der Waals surface area contributed by atoms with Crippen LogP contribution in [0.3, 0.4) is 0 Å². The summed E-state index contributed by atoms with van der Waals surface area (Å²) in [6.07, 6.45) is 2.51. The summed E-state index contributed by atoms with van der Waals surface area (Å²) in [4.78, 5) is 14.5. The molecule has 1 heterocycles. The zero-order valence-corrected chi connectivity index (χ0v) is 10.8. The fourth-order valence-corrected chi connectivity index (χ4v) is 2.51. The van der Waals surface area contributed by atoms with E-state index in [1.165, 1.54) is 0 Å². The molecule has 1 rings (SSSR count). The summed E-state index contributed by atoms with van der Waals surface area (Å²) in [6.45, 7) is 5.77.